The Kier molecular flexibility index (Phi) is 6.54. The van der Waals surface area contributed by atoms with E-state index in [9.17, 15) is 9.59 Å². The summed E-state index contributed by atoms with van der Waals surface area (Å²) in [6.07, 6.45) is 3.13. The average molecular weight is 421 g/mol. The largest absolute Gasteiger partial charge is 0.459 e. The number of hydrogen-bond donors (Lipinski definition) is 1. The van der Waals surface area contributed by atoms with E-state index in [2.05, 4.69) is 5.32 Å². The van der Waals surface area contributed by atoms with Gasteiger partial charge in [0, 0.05) is 42.3 Å². The van der Waals surface area contributed by atoms with E-state index >= 15 is 0 Å². The van der Waals surface area contributed by atoms with E-state index in [1.165, 1.54) is 0 Å². The topological polar surface area (TPSA) is 62.6 Å². The fraction of sp³-hybridized carbons (Fsp3) is 0.250. The maximum Gasteiger partial charge on any atom is 0.287 e. The Balaban J connectivity index is 1.33. The smallest absolute Gasteiger partial charge is 0.287 e. The van der Waals surface area contributed by atoms with Crippen molar-refractivity contribution in [2.45, 2.75) is 36.6 Å². The summed E-state index contributed by atoms with van der Waals surface area (Å²) in [5.74, 6) is 1.02. The normalized spacial score (nSPS) is 13.6. The number of likely N-dealkylation sites (tertiary alicyclic amines) is 1. The first-order valence-electron chi connectivity index (χ1n) is 10.1. The minimum absolute atomic E-state index is 0.215. The third-order valence-electron chi connectivity index (χ3n) is 5.08. The first kappa shape index (κ1) is 20.3. The molecule has 2 aromatic carbocycles. The third kappa shape index (κ3) is 5.13. The number of benzene rings is 2. The highest BCUT2D eigenvalue weighted by Crippen LogP contribution is 2.25. The number of carbonyl (C=O) groups is 2. The fourth-order valence-electron chi connectivity index (χ4n) is 3.52. The molecule has 1 aromatic heterocycles. The molecule has 154 valence electrons. The molecule has 0 spiro atoms. The molecular weight excluding hydrogens is 396 g/mol. The Bertz CT molecular complexity index is 1020. The monoisotopic (exact) mass is 420 g/mol. The number of carbonyl (C=O) groups excluding carboxylic acids is 2. The van der Waals surface area contributed by atoms with Gasteiger partial charge in [-0.3, -0.25) is 9.59 Å². The minimum Gasteiger partial charge on any atom is -0.459 e. The van der Waals surface area contributed by atoms with Crippen molar-refractivity contribution in [1.29, 1.82) is 0 Å². The molecule has 1 N–H and O–H groups in total. The molecule has 0 unspecified atom stereocenters. The summed E-state index contributed by atoms with van der Waals surface area (Å²) in [6.45, 7) is 1.86. The van der Waals surface area contributed by atoms with Gasteiger partial charge in [0.2, 0.25) is 5.91 Å². The van der Waals surface area contributed by atoms with Crippen LogP contribution in [0.4, 0.5) is 0 Å². The van der Waals surface area contributed by atoms with E-state index < -0.39 is 0 Å². The van der Waals surface area contributed by atoms with Crippen LogP contribution >= 0.6 is 11.8 Å². The van der Waals surface area contributed by atoms with E-state index in [0.29, 0.717) is 31.0 Å². The summed E-state index contributed by atoms with van der Waals surface area (Å²) in [6, 6.07) is 19.9. The second-order valence-corrected chi connectivity index (χ2v) is 8.35. The Morgan fingerprint density at radius 2 is 1.90 bits per heavy atom. The van der Waals surface area contributed by atoms with E-state index in [0.717, 1.165) is 34.6 Å². The van der Waals surface area contributed by atoms with Gasteiger partial charge in [-0.1, -0.05) is 42.5 Å². The zero-order valence-corrected chi connectivity index (χ0v) is 17.5. The summed E-state index contributed by atoms with van der Waals surface area (Å²) in [5, 5.41) is 2.95. The molecule has 0 saturated carbocycles. The Morgan fingerprint density at radius 1 is 1.07 bits per heavy atom. The highest BCUT2D eigenvalue weighted by atomic mass is 32.2. The Morgan fingerprint density at radius 3 is 2.70 bits per heavy atom. The van der Waals surface area contributed by atoms with Crippen molar-refractivity contribution in [3.8, 4) is 0 Å². The standard InChI is InChI=1S/C24H24N2O3S/c27-22-10-5-12-26(22)16-19-7-4-6-18(14-19)15-25-24(28)23-20(11-13-29-23)17-30-21-8-2-1-3-9-21/h1-4,6-9,11,13-14H,5,10,12,15-17H2,(H,25,28). The lowest BCUT2D eigenvalue weighted by molar-refractivity contribution is -0.128. The fourth-order valence-corrected chi connectivity index (χ4v) is 4.42. The van der Waals surface area contributed by atoms with Crippen molar-refractivity contribution in [2.75, 3.05) is 6.54 Å². The van der Waals surface area contributed by atoms with Crippen LogP contribution in [-0.2, 0) is 23.6 Å². The first-order chi connectivity index (χ1) is 14.7. The van der Waals surface area contributed by atoms with Crippen LogP contribution in [0.1, 0.15) is 40.1 Å². The summed E-state index contributed by atoms with van der Waals surface area (Å²) in [5.41, 5.74) is 2.96. The predicted molar refractivity (Wildman–Crippen MR) is 117 cm³/mol. The van der Waals surface area contributed by atoms with Crippen LogP contribution in [0, 0.1) is 0 Å². The molecule has 1 fully saturated rings. The second kappa shape index (κ2) is 9.67. The molecule has 0 aliphatic carbocycles. The average Bonchev–Trinajstić information content (AvgIpc) is 3.41. The van der Waals surface area contributed by atoms with Crippen LogP contribution in [0.3, 0.4) is 0 Å². The molecule has 2 amide bonds. The molecular formula is C24H24N2O3S. The second-order valence-electron chi connectivity index (χ2n) is 7.30. The zero-order chi connectivity index (χ0) is 20.8. The van der Waals surface area contributed by atoms with Gasteiger partial charge < -0.3 is 14.6 Å². The van der Waals surface area contributed by atoms with Gasteiger partial charge in [0.25, 0.3) is 5.91 Å². The molecule has 5 nitrogen and oxygen atoms in total. The molecule has 6 heteroatoms. The number of furan rings is 1. The summed E-state index contributed by atoms with van der Waals surface area (Å²) in [7, 11) is 0. The highest BCUT2D eigenvalue weighted by molar-refractivity contribution is 7.98. The van der Waals surface area contributed by atoms with Crippen molar-refractivity contribution < 1.29 is 14.0 Å². The SMILES string of the molecule is O=C(NCc1cccc(CN2CCCC2=O)c1)c1occc1CSc1ccccc1. The first-order valence-corrected chi connectivity index (χ1v) is 11.1. The van der Waals surface area contributed by atoms with Gasteiger partial charge in [0.05, 0.1) is 6.26 Å². The molecule has 1 saturated heterocycles. The predicted octanol–water partition coefficient (Wildman–Crippen LogP) is 4.62. The number of hydrogen-bond acceptors (Lipinski definition) is 4. The quantitative estimate of drug-likeness (QED) is 0.540. The molecule has 3 aromatic rings. The van der Waals surface area contributed by atoms with Crippen molar-refractivity contribution in [3.05, 3.63) is 89.4 Å². The molecule has 0 bridgehead atoms. The third-order valence-corrected chi connectivity index (χ3v) is 6.14. The maximum atomic E-state index is 12.7. The summed E-state index contributed by atoms with van der Waals surface area (Å²) >= 11 is 1.67. The Hall–Kier alpha value is -2.99. The molecule has 30 heavy (non-hydrogen) atoms. The van der Waals surface area contributed by atoms with E-state index in [1.54, 1.807) is 18.0 Å². The highest BCUT2D eigenvalue weighted by Gasteiger charge is 2.20. The number of nitrogens with one attached hydrogen (secondary N) is 1. The molecule has 4 rings (SSSR count). The maximum absolute atomic E-state index is 12.7. The van der Waals surface area contributed by atoms with Gasteiger partial charge in [-0.15, -0.1) is 11.8 Å². The van der Waals surface area contributed by atoms with Crippen molar-refractivity contribution in [1.82, 2.24) is 10.2 Å². The number of amides is 2. The number of thioether (sulfide) groups is 1. The van der Waals surface area contributed by atoms with E-state index in [-0.39, 0.29) is 11.8 Å². The summed E-state index contributed by atoms with van der Waals surface area (Å²) < 4.78 is 5.46. The summed E-state index contributed by atoms with van der Waals surface area (Å²) in [4.78, 5) is 27.5. The van der Waals surface area contributed by atoms with Crippen LogP contribution in [-0.4, -0.2) is 23.3 Å². The van der Waals surface area contributed by atoms with Crippen molar-refractivity contribution in [3.63, 3.8) is 0 Å². The molecule has 0 radical (unpaired) electrons. The molecule has 1 aliphatic rings. The van der Waals surface area contributed by atoms with Gasteiger partial charge >= 0.3 is 0 Å². The van der Waals surface area contributed by atoms with Crippen LogP contribution in [0.2, 0.25) is 0 Å². The van der Waals surface area contributed by atoms with Gasteiger partial charge in [0.1, 0.15) is 0 Å². The minimum atomic E-state index is -0.219. The lowest BCUT2D eigenvalue weighted by Crippen LogP contribution is -2.25. The van der Waals surface area contributed by atoms with Crippen LogP contribution in [0.5, 0.6) is 0 Å². The molecule has 0 atom stereocenters. The van der Waals surface area contributed by atoms with Crippen molar-refractivity contribution in [2.24, 2.45) is 0 Å². The van der Waals surface area contributed by atoms with Gasteiger partial charge in [-0.2, -0.15) is 0 Å². The van der Waals surface area contributed by atoms with E-state index in [4.69, 9.17) is 4.42 Å². The Labute approximate surface area is 180 Å². The lowest BCUT2D eigenvalue weighted by atomic mass is 10.1. The van der Waals surface area contributed by atoms with Gasteiger partial charge in [-0.05, 0) is 35.7 Å². The zero-order valence-electron chi connectivity index (χ0n) is 16.7. The van der Waals surface area contributed by atoms with Gasteiger partial charge in [-0.25, -0.2) is 0 Å². The van der Waals surface area contributed by atoms with Crippen LogP contribution in [0.25, 0.3) is 0 Å². The van der Waals surface area contributed by atoms with Gasteiger partial charge in [0.15, 0.2) is 5.76 Å². The number of rotatable bonds is 8. The molecule has 2 heterocycles. The lowest BCUT2D eigenvalue weighted by Gasteiger charge is -2.16. The number of nitrogens with zero attached hydrogens (tertiary/aromatic N) is 1. The molecule has 1 aliphatic heterocycles. The van der Waals surface area contributed by atoms with Crippen LogP contribution < -0.4 is 5.32 Å². The van der Waals surface area contributed by atoms with Crippen LogP contribution in [0.15, 0.2) is 76.2 Å². The van der Waals surface area contributed by atoms with E-state index in [1.807, 2.05) is 65.6 Å². The van der Waals surface area contributed by atoms with Crippen molar-refractivity contribution >= 4 is 23.6 Å².